The number of allylic oxidation sites excluding steroid dienone is 1. The molecule has 3 nitrogen and oxygen atoms in total. The fourth-order valence-electron chi connectivity index (χ4n) is 3.41. The Balaban J connectivity index is 1.71. The molecule has 20 heavy (non-hydrogen) atoms. The average Bonchev–Trinajstić information content (AvgIpc) is 2.91. The second-order valence-corrected chi connectivity index (χ2v) is 6.32. The van der Waals surface area contributed by atoms with Gasteiger partial charge < -0.3 is 9.47 Å². The molecule has 1 aromatic heterocycles. The fourth-order valence-corrected chi connectivity index (χ4v) is 3.41. The van der Waals surface area contributed by atoms with Crippen molar-refractivity contribution in [2.75, 3.05) is 6.54 Å². The van der Waals surface area contributed by atoms with Gasteiger partial charge in [-0.1, -0.05) is 12.5 Å². The summed E-state index contributed by atoms with van der Waals surface area (Å²) in [4.78, 5) is 14.5. The van der Waals surface area contributed by atoms with Crippen LogP contribution in [0.15, 0.2) is 30.0 Å². The van der Waals surface area contributed by atoms with Crippen molar-refractivity contribution in [1.29, 1.82) is 0 Å². The maximum Gasteiger partial charge on any atom is 0.247 e. The summed E-state index contributed by atoms with van der Waals surface area (Å²) in [6, 6.07) is 4.38. The summed E-state index contributed by atoms with van der Waals surface area (Å²) in [5.41, 5.74) is 2.60. The van der Waals surface area contributed by atoms with Gasteiger partial charge in [-0.15, -0.1) is 0 Å². The van der Waals surface area contributed by atoms with Gasteiger partial charge in [0.15, 0.2) is 0 Å². The number of amides is 1. The van der Waals surface area contributed by atoms with E-state index in [-0.39, 0.29) is 11.9 Å². The quantitative estimate of drug-likeness (QED) is 0.718. The Kier molecular flexibility index (Phi) is 3.68. The highest BCUT2D eigenvalue weighted by molar-refractivity contribution is 5.88. The van der Waals surface area contributed by atoms with E-state index in [1.807, 2.05) is 11.0 Å². The van der Waals surface area contributed by atoms with Crippen LogP contribution in [-0.2, 0) is 11.3 Å². The minimum absolute atomic E-state index is 0.186. The molecular weight excluding hydrogens is 248 g/mol. The number of rotatable bonds is 1. The molecule has 3 rings (SSSR count). The molecule has 2 heterocycles. The number of nitrogens with zero attached hydrogens (tertiary/aromatic N) is 2. The molecule has 0 unspecified atom stereocenters. The molecular formula is C17H24N2O. The van der Waals surface area contributed by atoms with E-state index >= 15 is 0 Å². The molecule has 108 valence electrons. The van der Waals surface area contributed by atoms with Gasteiger partial charge in [0.25, 0.3) is 0 Å². The van der Waals surface area contributed by atoms with E-state index in [0.717, 1.165) is 31.8 Å². The Morgan fingerprint density at radius 3 is 2.75 bits per heavy atom. The molecule has 0 aromatic carbocycles. The van der Waals surface area contributed by atoms with Crippen LogP contribution in [0.5, 0.6) is 0 Å². The fraction of sp³-hybridized carbons (Fsp3) is 0.588. The smallest absolute Gasteiger partial charge is 0.247 e. The second kappa shape index (κ2) is 5.47. The van der Waals surface area contributed by atoms with Crippen LogP contribution in [0.4, 0.5) is 0 Å². The standard InChI is InChI=1S/C17H24N2O/c1-13-5-7-15(8-6-13)12-17(20)19-11-10-18-9-3-4-16(18)14(19)2/h3-4,9,12-14H,5-8,10-11H2,1-2H3/t13?,14-/m0/s1. The number of carbonyl (C=O) groups is 1. The Morgan fingerprint density at radius 2 is 2.00 bits per heavy atom. The summed E-state index contributed by atoms with van der Waals surface area (Å²) in [6.45, 7) is 6.17. The van der Waals surface area contributed by atoms with E-state index in [1.54, 1.807) is 0 Å². The molecule has 3 heteroatoms. The van der Waals surface area contributed by atoms with Crippen LogP contribution in [0.25, 0.3) is 0 Å². The molecule has 1 saturated carbocycles. The molecule has 1 aromatic rings. The summed E-state index contributed by atoms with van der Waals surface area (Å²) < 4.78 is 2.25. The van der Waals surface area contributed by atoms with Crippen LogP contribution in [0.3, 0.4) is 0 Å². The van der Waals surface area contributed by atoms with Gasteiger partial charge in [-0.3, -0.25) is 4.79 Å². The predicted molar refractivity (Wildman–Crippen MR) is 80.3 cm³/mol. The zero-order valence-corrected chi connectivity index (χ0v) is 12.5. The summed E-state index contributed by atoms with van der Waals surface area (Å²) >= 11 is 0. The summed E-state index contributed by atoms with van der Waals surface area (Å²) in [7, 11) is 0. The molecule has 2 aliphatic rings. The van der Waals surface area contributed by atoms with Crippen molar-refractivity contribution in [1.82, 2.24) is 9.47 Å². The van der Waals surface area contributed by atoms with Crippen LogP contribution in [0, 0.1) is 5.92 Å². The van der Waals surface area contributed by atoms with Gasteiger partial charge in [0.1, 0.15) is 0 Å². The average molecular weight is 272 g/mol. The van der Waals surface area contributed by atoms with E-state index < -0.39 is 0 Å². The van der Waals surface area contributed by atoms with E-state index in [1.165, 1.54) is 24.1 Å². The van der Waals surface area contributed by atoms with Crippen LogP contribution < -0.4 is 0 Å². The first-order valence-electron chi connectivity index (χ1n) is 7.80. The SMILES string of the molecule is CC1CCC(=CC(=O)N2CCn3cccc3[C@@H]2C)CC1. The predicted octanol–water partition coefficient (Wildman–Crippen LogP) is 3.53. The lowest BCUT2D eigenvalue weighted by molar-refractivity contribution is -0.129. The first kappa shape index (κ1) is 13.5. The Hall–Kier alpha value is -1.51. The highest BCUT2D eigenvalue weighted by Gasteiger charge is 2.26. The van der Waals surface area contributed by atoms with Crippen LogP contribution in [0.1, 0.15) is 51.3 Å². The Labute approximate surface area is 121 Å². The number of hydrogen-bond donors (Lipinski definition) is 0. The molecule has 1 fully saturated rings. The van der Waals surface area contributed by atoms with Crippen molar-refractivity contribution in [2.24, 2.45) is 5.92 Å². The molecule has 0 N–H and O–H groups in total. The zero-order valence-electron chi connectivity index (χ0n) is 12.5. The van der Waals surface area contributed by atoms with Crippen molar-refractivity contribution < 1.29 is 4.79 Å². The van der Waals surface area contributed by atoms with Crippen LogP contribution in [0.2, 0.25) is 0 Å². The van der Waals surface area contributed by atoms with E-state index in [9.17, 15) is 4.79 Å². The molecule has 1 amide bonds. The third-order valence-electron chi connectivity index (χ3n) is 4.87. The lowest BCUT2D eigenvalue weighted by Crippen LogP contribution is -2.40. The van der Waals surface area contributed by atoms with Gasteiger partial charge in [-0.05, 0) is 50.7 Å². The summed E-state index contributed by atoms with van der Waals surface area (Å²) in [5.74, 6) is 1.02. The zero-order chi connectivity index (χ0) is 14.1. The topological polar surface area (TPSA) is 25.2 Å². The maximum atomic E-state index is 12.5. The molecule has 1 atom stereocenters. The van der Waals surface area contributed by atoms with Gasteiger partial charge in [0.05, 0.1) is 6.04 Å². The van der Waals surface area contributed by atoms with Crippen molar-refractivity contribution >= 4 is 5.91 Å². The lowest BCUT2D eigenvalue weighted by Gasteiger charge is -2.34. The van der Waals surface area contributed by atoms with E-state index in [2.05, 4.69) is 36.7 Å². The highest BCUT2D eigenvalue weighted by atomic mass is 16.2. The minimum Gasteiger partial charge on any atom is -0.348 e. The Bertz CT molecular complexity index is 519. The summed E-state index contributed by atoms with van der Waals surface area (Å²) in [5, 5.41) is 0. The van der Waals surface area contributed by atoms with Gasteiger partial charge in [0, 0.05) is 31.1 Å². The van der Waals surface area contributed by atoms with Crippen molar-refractivity contribution in [3.05, 3.63) is 35.7 Å². The number of fused-ring (bicyclic) bond motifs is 1. The number of hydrogen-bond acceptors (Lipinski definition) is 1. The molecule has 1 aliphatic heterocycles. The highest BCUT2D eigenvalue weighted by Crippen LogP contribution is 2.29. The van der Waals surface area contributed by atoms with Gasteiger partial charge >= 0.3 is 0 Å². The molecule has 0 bridgehead atoms. The van der Waals surface area contributed by atoms with Crippen molar-refractivity contribution in [2.45, 2.75) is 52.1 Å². The van der Waals surface area contributed by atoms with Gasteiger partial charge in [0.2, 0.25) is 5.91 Å². The molecule has 1 aliphatic carbocycles. The first-order chi connectivity index (χ1) is 9.65. The molecule has 0 radical (unpaired) electrons. The minimum atomic E-state index is 0.186. The number of carbonyl (C=O) groups excluding carboxylic acids is 1. The van der Waals surface area contributed by atoms with E-state index in [4.69, 9.17) is 0 Å². The second-order valence-electron chi connectivity index (χ2n) is 6.32. The normalized spacial score (nSPS) is 26.3. The van der Waals surface area contributed by atoms with Crippen LogP contribution in [-0.4, -0.2) is 21.9 Å². The van der Waals surface area contributed by atoms with Crippen molar-refractivity contribution in [3.8, 4) is 0 Å². The molecule has 0 saturated heterocycles. The Morgan fingerprint density at radius 1 is 1.25 bits per heavy atom. The lowest BCUT2D eigenvalue weighted by atomic mass is 9.87. The van der Waals surface area contributed by atoms with Crippen molar-refractivity contribution in [3.63, 3.8) is 0 Å². The van der Waals surface area contributed by atoms with Crippen LogP contribution >= 0.6 is 0 Å². The third-order valence-corrected chi connectivity index (χ3v) is 4.87. The largest absolute Gasteiger partial charge is 0.348 e. The first-order valence-corrected chi connectivity index (χ1v) is 7.80. The maximum absolute atomic E-state index is 12.5. The summed E-state index contributed by atoms with van der Waals surface area (Å²) in [6.07, 6.45) is 8.70. The van der Waals surface area contributed by atoms with Gasteiger partial charge in [-0.25, -0.2) is 0 Å². The monoisotopic (exact) mass is 272 g/mol. The van der Waals surface area contributed by atoms with E-state index in [0.29, 0.717) is 0 Å². The number of aromatic nitrogens is 1. The van der Waals surface area contributed by atoms with Gasteiger partial charge in [-0.2, -0.15) is 0 Å². The molecule has 0 spiro atoms. The third kappa shape index (κ3) is 2.54.